The van der Waals surface area contributed by atoms with Crippen molar-refractivity contribution in [3.05, 3.63) is 25.3 Å². The van der Waals surface area contributed by atoms with Crippen LogP contribution in [-0.2, 0) is 4.79 Å². The standard InChI is InChI=1S/C10H16N2O/c1-4-6-12(7-5-2)9-8(3)11-10(9)13/h4-5,8-9H,1-2,6-7H2,3H3,(H,11,13)/t8-,9-/m1/s1. The van der Waals surface area contributed by atoms with Crippen LogP contribution in [0, 0.1) is 0 Å². The molecule has 0 spiro atoms. The molecule has 0 aliphatic carbocycles. The van der Waals surface area contributed by atoms with E-state index in [0.717, 1.165) is 13.1 Å². The van der Waals surface area contributed by atoms with Crippen LogP contribution in [0.4, 0.5) is 0 Å². The van der Waals surface area contributed by atoms with Gasteiger partial charge in [-0.1, -0.05) is 12.2 Å². The first-order chi connectivity index (χ1) is 6.20. The molecular weight excluding hydrogens is 164 g/mol. The smallest absolute Gasteiger partial charge is 0.239 e. The van der Waals surface area contributed by atoms with Crippen molar-refractivity contribution in [3.63, 3.8) is 0 Å². The number of amides is 1. The Kier molecular flexibility index (Phi) is 3.25. The molecule has 3 nitrogen and oxygen atoms in total. The first-order valence-corrected chi connectivity index (χ1v) is 4.47. The van der Waals surface area contributed by atoms with Gasteiger partial charge in [0.1, 0.15) is 6.04 Å². The Hall–Kier alpha value is -1.09. The second-order valence-corrected chi connectivity index (χ2v) is 3.27. The van der Waals surface area contributed by atoms with Crippen molar-refractivity contribution < 1.29 is 4.79 Å². The number of hydrogen-bond acceptors (Lipinski definition) is 2. The lowest BCUT2D eigenvalue weighted by atomic mass is 9.99. The van der Waals surface area contributed by atoms with Gasteiger partial charge in [0.15, 0.2) is 0 Å². The summed E-state index contributed by atoms with van der Waals surface area (Å²) in [6, 6.07) is 0.239. The van der Waals surface area contributed by atoms with E-state index in [1.807, 2.05) is 19.1 Å². The van der Waals surface area contributed by atoms with Crippen LogP contribution in [0.25, 0.3) is 0 Å². The van der Waals surface area contributed by atoms with Gasteiger partial charge in [-0.05, 0) is 6.92 Å². The third-order valence-corrected chi connectivity index (χ3v) is 2.23. The summed E-state index contributed by atoms with van der Waals surface area (Å²) in [6.45, 7) is 10.8. The molecule has 0 aromatic carbocycles. The minimum Gasteiger partial charge on any atom is -0.350 e. The molecule has 0 radical (unpaired) electrons. The topological polar surface area (TPSA) is 32.3 Å². The van der Waals surface area contributed by atoms with Crippen LogP contribution >= 0.6 is 0 Å². The predicted octanol–water partition coefficient (Wildman–Crippen LogP) is 0.547. The van der Waals surface area contributed by atoms with Gasteiger partial charge in [0, 0.05) is 13.1 Å². The van der Waals surface area contributed by atoms with Crippen molar-refractivity contribution in [2.45, 2.75) is 19.0 Å². The van der Waals surface area contributed by atoms with Gasteiger partial charge in [0.2, 0.25) is 5.91 Å². The summed E-state index contributed by atoms with van der Waals surface area (Å²) in [5, 5.41) is 2.80. The molecule has 0 bridgehead atoms. The highest BCUT2D eigenvalue weighted by molar-refractivity contribution is 5.89. The van der Waals surface area contributed by atoms with Crippen LogP contribution < -0.4 is 5.32 Å². The van der Waals surface area contributed by atoms with Crippen molar-refractivity contribution in [1.29, 1.82) is 0 Å². The molecule has 1 aliphatic heterocycles. The summed E-state index contributed by atoms with van der Waals surface area (Å²) in [4.78, 5) is 13.3. The molecule has 3 heteroatoms. The zero-order valence-corrected chi connectivity index (χ0v) is 7.99. The van der Waals surface area contributed by atoms with Crippen molar-refractivity contribution in [2.75, 3.05) is 13.1 Å². The Balaban J connectivity index is 2.57. The maximum atomic E-state index is 11.2. The van der Waals surface area contributed by atoms with Gasteiger partial charge in [-0.15, -0.1) is 13.2 Å². The monoisotopic (exact) mass is 180 g/mol. The Bertz CT molecular complexity index is 215. The first-order valence-electron chi connectivity index (χ1n) is 4.47. The minimum absolute atomic E-state index is 0.00370. The van der Waals surface area contributed by atoms with Gasteiger partial charge >= 0.3 is 0 Å². The summed E-state index contributed by atoms with van der Waals surface area (Å²) in [7, 11) is 0. The van der Waals surface area contributed by atoms with Gasteiger partial charge in [-0.2, -0.15) is 0 Å². The lowest BCUT2D eigenvalue weighted by molar-refractivity contribution is -0.136. The van der Waals surface area contributed by atoms with E-state index in [4.69, 9.17) is 0 Å². The normalized spacial score (nSPS) is 26.5. The maximum Gasteiger partial charge on any atom is 0.239 e. The van der Waals surface area contributed by atoms with Gasteiger partial charge in [0.05, 0.1) is 6.04 Å². The quantitative estimate of drug-likeness (QED) is 0.495. The molecule has 1 rings (SSSR count). The average molecular weight is 180 g/mol. The van der Waals surface area contributed by atoms with Gasteiger partial charge < -0.3 is 5.32 Å². The molecule has 1 heterocycles. The lowest BCUT2D eigenvalue weighted by Crippen LogP contribution is -2.67. The summed E-state index contributed by atoms with van der Waals surface area (Å²) < 4.78 is 0. The molecule has 13 heavy (non-hydrogen) atoms. The molecule has 1 fully saturated rings. The Morgan fingerprint density at radius 3 is 2.31 bits per heavy atom. The third-order valence-electron chi connectivity index (χ3n) is 2.23. The number of nitrogens with one attached hydrogen (secondary N) is 1. The summed E-state index contributed by atoms with van der Waals surface area (Å²) in [6.07, 6.45) is 3.61. The average Bonchev–Trinajstić information content (AvgIpc) is 2.04. The van der Waals surface area contributed by atoms with E-state index in [0.29, 0.717) is 0 Å². The SMILES string of the molecule is C=CCN(CC=C)[C@H]1C(=O)N[C@@H]1C. The molecule has 72 valence electrons. The fourth-order valence-corrected chi connectivity index (χ4v) is 1.63. The molecule has 1 amide bonds. The molecular formula is C10H16N2O. The molecule has 1 aliphatic rings. The largest absolute Gasteiger partial charge is 0.350 e. The molecule has 1 saturated heterocycles. The van der Waals surface area contributed by atoms with Gasteiger partial charge in [-0.25, -0.2) is 0 Å². The van der Waals surface area contributed by atoms with E-state index < -0.39 is 0 Å². The Labute approximate surface area is 79.1 Å². The predicted molar refractivity (Wildman–Crippen MR) is 53.4 cm³/mol. The second kappa shape index (κ2) is 4.23. The summed E-state index contributed by atoms with van der Waals surface area (Å²) in [5.74, 6) is 0.108. The van der Waals surface area contributed by atoms with E-state index >= 15 is 0 Å². The molecule has 0 saturated carbocycles. The van der Waals surface area contributed by atoms with Crippen molar-refractivity contribution in [1.82, 2.24) is 10.2 Å². The van der Waals surface area contributed by atoms with Crippen molar-refractivity contribution in [3.8, 4) is 0 Å². The highest BCUT2D eigenvalue weighted by Gasteiger charge is 2.39. The lowest BCUT2D eigenvalue weighted by Gasteiger charge is -2.41. The number of nitrogens with zero attached hydrogens (tertiary/aromatic N) is 1. The number of carbonyl (C=O) groups is 1. The molecule has 0 aromatic heterocycles. The number of β-lactam (4-membered cyclic amide) rings is 1. The second-order valence-electron chi connectivity index (χ2n) is 3.27. The van der Waals surface area contributed by atoms with E-state index in [1.165, 1.54) is 0 Å². The molecule has 1 N–H and O–H groups in total. The highest BCUT2D eigenvalue weighted by atomic mass is 16.2. The van der Waals surface area contributed by atoms with Crippen molar-refractivity contribution >= 4 is 5.91 Å². The molecule has 0 aromatic rings. The Morgan fingerprint density at radius 1 is 1.46 bits per heavy atom. The zero-order chi connectivity index (χ0) is 9.84. The van der Waals surface area contributed by atoms with Crippen LogP contribution in [0.15, 0.2) is 25.3 Å². The van der Waals surface area contributed by atoms with Crippen LogP contribution in [-0.4, -0.2) is 36.0 Å². The third kappa shape index (κ3) is 1.98. The highest BCUT2D eigenvalue weighted by Crippen LogP contribution is 2.13. The van der Waals surface area contributed by atoms with E-state index in [1.54, 1.807) is 0 Å². The van der Waals surface area contributed by atoms with E-state index in [-0.39, 0.29) is 18.0 Å². The van der Waals surface area contributed by atoms with E-state index in [2.05, 4.69) is 23.4 Å². The van der Waals surface area contributed by atoms with Crippen LogP contribution in [0.5, 0.6) is 0 Å². The van der Waals surface area contributed by atoms with Crippen LogP contribution in [0.2, 0.25) is 0 Å². The van der Waals surface area contributed by atoms with Crippen LogP contribution in [0.1, 0.15) is 6.92 Å². The van der Waals surface area contributed by atoms with Crippen molar-refractivity contribution in [2.24, 2.45) is 0 Å². The van der Waals surface area contributed by atoms with E-state index in [9.17, 15) is 4.79 Å². The molecule has 0 unspecified atom stereocenters. The Morgan fingerprint density at radius 2 is 2.00 bits per heavy atom. The fourth-order valence-electron chi connectivity index (χ4n) is 1.63. The number of carbonyl (C=O) groups excluding carboxylic acids is 1. The fraction of sp³-hybridized carbons (Fsp3) is 0.500. The molecule has 2 atom stereocenters. The van der Waals surface area contributed by atoms with Gasteiger partial charge in [0.25, 0.3) is 0 Å². The minimum atomic E-state index is -0.00370. The van der Waals surface area contributed by atoms with Crippen LogP contribution in [0.3, 0.4) is 0 Å². The maximum absolute atomic E-state index is 11.2. The first kappa shape index (κ1) is 9.99. The zero-order valence-electron chi connectivity index (χ0n) is 7.99. The number of hydrogen-bond donors (Lipinski definition) is 1. The summed E-state index contributed by atoms with van der Waals surface area (Å²) in [5.41, 5.74) is 0. The van der Waals surface area contributed by atoms with Gasteiger partial charge in [-0.3, -0.25) is 9.69 Å². The number of rotatable bonds is 5. The summed E-state index contributed by atoms with van der Waals surface area (Å²) >= 11 is 0.